The van der Waals surface area contributed by atoms with Crippen LogP contribution in [0.1, 0.15) is 37.6 Å². The van der Waals surface area contributed by atoms with E-state index in [1.807, 2.05) is 13.8 Å². The smallest absolute Gasteiger partial charge is 0.339 e. The average molecular weight is 418 g/mol. The third kappa shape index (κ3) is 5.43. The number of benzene rings is 1. The van der Waals surface area contributed by atoms with Gasteiger partial charge in [-0.2, -0.15) is 0 Å². The van der Waals surface area contributed by atoms with Gasteiger partial charge in [0.05, 0.1) is 21.6 Å². The highest BCUT2D eigenvalue weighted by molar-refractivity contribution is 9.10. The van der Waals surface area contributed by atoms with Crippen molar-refractivity contribution >= 4 is 53.2 Å². The summed E-state index contributed by atoms with van der Waals surface area (Å²) in [5.74, 6) is -0.319. The van der Waals surface area contributed by atoms with Gasteiger partial charge in [-0.05, 0) is 47.3 Å². The largest absolute Gasteiger partial charge is 0.459 e. The summed E-state index contributed by atoms with van der Waals surface area (Å²) >= 11 is 9.12. The summed E-state index contributed by atoms with van der Waals surface area (Å²) in [5, 5.41) is 0.0841. The van der Waals surface area contributed by atoms with Gasteiger partial charge >= 0.3 is 5.97 Å². The molecule has 0 spiro atoms. The Kier molecular flexibility index (Phi) is 6.53. The van der Waals surface area contributed by atoms with Crippen LogP contribution >= 0.6 is 38.2 Å². The zero-order chi connectivity index (χ0) is 16.4. The molecule has 1 aromatic carbocycles. The van der Waals surface area contributed by atoms with Crippen molar-refractivity contribution < 1.29 is 17.9 Å². The molecule has 0 aliphatic heterocycles. The van der Waals surface area contributed by atoms with E-state index < -0.39 is 15.0 Å². The lowest BCUT2D eigenvalue weighted by atomic mass is 10.1. The number of hydrogen-bond acceptors (Lipinski definition) is 4. The summed E-state index contributed by atoms with van der Waals surface area (Å²) in [7, 11) is 1.32. The monoisotopic (exact) mass is 416 g/mol. The zero-order valence-electron chi connectivity index (χ0n) is 11.7. The molecule has 1 atom stereocenters. The number of carbonyl (C=O) groups is 1. The van der Waals surface area contributed by atoms with E-state index in [0.29, 0.717) is 12.3 Å². The van der Waals surface area contributed by atoms with Crippen LogP contribution < -0.4 is 0 Å². The molecule has 0 saturated carbocycles. The minimum atomic E-state index is -3.97. The molecule has 1 aromatic rings. The predicted octanol–water partition coefficient (Wildman–Crippen LogP) is 4.62. The second-order valence-electron chi connectivity index (χ2n) is 5.05. The van der Waals surface area contributed by atoms with Crippen LogP contribution in [0.15, 0.2) is 21.5 Å². The summed E-state index contributed by atoms with van der Waals surface area (Å²) in [4.78, 5) is 11.9. The van der Waals surface area contributed by atoms with E-state index in [1.54, 1.807) is 6.92 Å². The van der Waals surface area contributed by atoms with Gasteiger partial charge in [-0.15, -0.1) is 0 Å². The van der Waals surface area contributed by atoms with E-state index in [9.17, 15) is 13.2 Å². The number of carbonyl (C=O) groups excluding carboxylic acids is 1. The molecule has 1 unspecified atom stereocenters. The Morgan fingerprint density at radius 2 is 1.90 bits per heavy atom. The summed E-state index contributed by atoms with van der Waals surface area (Å²) in [6.45, 7) is 5.78. The first-order valence-electron chi connectivity index (χ1n) is 6.17. The molecule has 4 nitrogen and oxygen atoms in total. The van der Waals surface area contributed by atoms with Crippen molar-refractivity contribution in [3.63, 3.8) is 0 Å². The quantitative estimate of drug-likeness (QED) is 0.517. The highest BCUT2D eigenvalue weighted by Crippen LogP contribution is 2.32. The summed E-state index contributed by atoms with van der Waals surface area (Å²) < 4.78 is 28.3. The minimum absolute atomic E-state index is 0.0409. The van der Waals surface area contributed by atoms with Crippen LogP contribution in [0.25, 0.3) is 0 Å². The van der Waals surface area contributed by atoms with E-state index >= 15 is 0 Å². The van der Waals surface area contributed by atoms with Gasteiger partial charge in [0.1, 0.15) is 0 Å². The van der Waals surface area contributed by atoms with E-state index in [-0.39, 0.29) is 26.1 Å². The van der Waals surface area contributed by atoms with Crippen LogP contribution in [-0.2, 0) is 13.8 Å². The Morgan fingerprint density at radius 3 is 2.38 bits per heavy atom. The van der Waals surface area contributed by atoms with Crippen molar-refractivity contribution in [3.05, 3.63) is 27.2 Å². The molecule has 0 saturated heterocycles. The molecule has 0 aliphatic rings. The fourth-order valence-electron chi connectivity index (χ4n) is 1.81. The van der Waals surface area contributed by atoms with Gasteiger partial charge in [-0.3, -0.25) is 0 Å². The van der Waals surface area contributed by atoms with Crippen molar-refractivity contribution in [3.8, 4) is 0 Å². The second-order valence-corrected chi connectivity index (χ2v) is 8.85. The Bertz CT molecular complexity index is 644. The number of rotatable bonds is 5. The van der Waals surface area contributed by atoms with Crippen molar-refractivity contribution in [1.29, 1.82) is 0 Å². The van der Waals surface area contributed by atoms with Gasteiger partial charge < -0.3 is 4.74 Å². The van der Waals surface area contributed by atoms with E-state index in [1.165, 1.54) is 6.07 Å². The SMILES string of the molecule is CC(C)CC(C)OC(=O)c1cc(S(=O)(=O)Cl)cc(Br)c1Cl. The second kappa shape index (κ2) is 7.31. The molecule has 8 heteroatoms. The van der Waals surface area contributed by atoms with Crippen LogP contribution in [0.2, 0.25) is 5.02 Å². The van der Waals surface area contributed by atoms with Crippen molar-refractivity contribution in [1.82, 2.24) is 0 Å². The van der Waals surface area contributed by atoms with Crippen LogP contribution in [-0.4, -0.2) is 20.5 Å². The van der Waals surface area contributed by atoms with Crippen molar-refractivity contribution in [2.24, 2.45) is 5.92 Å². The van der Waals surface area contributed by atoms with Crippen molar-refractivity contribution in [2.75, 3.05) is 0 Å². The molecule has 118 valence electrons. The van der Waals surface area contributed by atoms with Gasteiger partial charge in [0.2, 0.25) is 0 Å². The fraction of sp³-hybridized carbons (Fsp3) is 0.462. The normalized spacial score (nSPS) is 13.3. The molecule has 0 amide bonds. The molecule has 0 aromatic heterocycles. The number of ether oxygens (including phenoxy) is 1. The maximum Gasteiger partial charge on any atom is 0.339 e. The van der Waals surface area contributed by atoms with Crippen LogP contribution in [0.4, 0.5) is 0 Å². The van der Waals surface area contributed by atoms with Gasteiger partial charge in [-0.1, -0.05) is 25.4 Å². The molecule has 0 fully saturated rings. The molecule has 0 N–H and O–H groups in total. The topological polar surface area (TPSA) is 60.4 Å². The summed E-state index contributed by atoms with van der Waals surface area (Å²) in [6, 6.07) is 2.35. The maximum absolute atomic E-state index is 12.1. The standard InChI is InChI=1S/C13H15BrCl2O4S/c1-7(2)4-8(3)20-13(17)10-5-9(21(16,18)19)6-11(14)12(10)15/h5-8H,4H2,1-3H3. The van der Waals surface area contributed by atoms with E-state index in [2.05, 4.69) is 15.9 Å². The Balaban J connectivity index is 3.12. The minimum Gasteiger partial charge on any atom is -0.459 e. The highest BCUT2D eigenvalue weighted by atomic mass is 79.9. The average Bonchev–Trinajstić information content (AvgIpc) is 2.29. The van der Waals surface area contributed by atoms with E-state index in [0.717, 1.165) is 6.07 Å². The van der Waals surface area contributed by atoms with Gasteiger partial charge in [-0.25, -0.2) is 13.2 Å². The number of esters is 1. The van der Waals surface area contributed by atoms with Crippen molar-refractivity contribution in [2.45, 2.75) is 38.2 Å². The lowest BCUT2D eigenvalue weighted by Gasteiger charge is -2.16. The molecule has 0 heterocycles. The molecular weight excluding hydrogens is 403 g/mol. The lowest BCUT2D eigenvalue weighted by Crippen LogP contribution is -2.17. The first-order chi connectivity index (χ1) is 9.52. The fourth-order valence-corrected chi connectivity index (χ4v) is 3.39. The third-order valence-corrected chi connectivity index (χ3v) is 5.21. The van der Waals surface area contributed by atoms with Gasteiger partial charge in [0.15, 0.2) is 0 Å². The highest BCUT2D eigenvalue weighted by Gasteiger charge is 2.22. The van der Waals surface area contributed by atoms with Crippen LogP contribution in [0.3, 0.4) is 0 Å². The zero-order valence-corrected chi connectivity index (χ0v) is 15.6. The summed E-state index contributed by atoms with van der Waals surface area (Å²) in [6.07, 6.45) is 0.390. The molecular formula is C13H15BrCl2O4S. The molecule has 0 bridgehead atoms. The van der Waals surface area contributed by atoms with Crippen LogP contribution in [0.5, 0.6) is 0 Å². The Hall–Kier alpha value is -0.300. The van der Waals surface area contributed by atoms with Crippen LogP contribution in [0, 0.1) is 5.92 Å². The summed E-state index contributed by atoms with van der Waals surface area (Å²) in [5.41, 5.74) is -0.0409. The lowest BCUT2D eigenvalue weighted by molar-refractivity contribution is 0.0299. The molecule has 0 radical (unpaired) electrons. The predicted molar refractivity (Wildman–Crippen MR) is 86.5 cm³/mol. The molecule has 0 aliphatic carbocycles. The van der Waals surface area contributed by atoms with E-state index in [4.69, 9.17) is 27.0 Å². The number of halogens is 3. The molecule has 21 heavy (non-hydrogen) atoms. The first kappa shape index (κ1) is 18.7. The number of hydrogen-bond donors (Lipinski definition) is 0. The Labute approximate surface area is 142 Å². The Morgan fingerprint density at radius 1 is 1.33 bits per heavy atom. The maximum atomic E-state index is 12.1. The van der Waals surface area contributed by atoms with Gasteiger partial charge in [0, 0.05) is 15.2 Å². The third-order valence-electron chi connectivity index (χ3n) is 2.61. The molecule has 1 rings (SSSR count). The van der Waals surface area contributed by atoms with Gasteiger partial charge in [0.25, 0.3) is 9.05 Å². The first-order valence-corrected chi connectivity index (χ1v) is 9.65.